The van der Waals surface area contributed by atoms with Crippen LogP contribution in [0.15, 0.2) is 53.0 Å². The van der Waals surface area contributed by atoms with E-state index in [1.165, 1.54) is 19.3 Å². The van der Waals surface area contributed by atoms with Crippen LogP contribution in [0.3, 0.4) is 0 Å². The molecular weight excluding hydrogens is 412 g/mol. The van der Waals surface area contributed by atoms with Crippen molar-refractivity contribution in [2.24, 2.45) is 0 Å². The molecule has 2 aromatic carbocycles. The molecule has 0 heterocycles. The number of hydrogen-bond donors (Lipinski definition) is 2. The van der Waals surface area contributed by atoms with Crippen LogP contribution in [0.1, 0.15) is 43.0 Å². The SMILES string of the molecule is CCCCCCOc1ccc(C(=O)NC(=S)Nc2ccc(Br)cc2)cc1. The van der Waals surface area contributed by atoms with E-state index in [1.807, 2.05) is 24.3 Å². The van der Waals surface area contributed by atoms with Crippen molar-refractivity contribution in [1.29, 1.82) is 0 Å². The molecule has 0 aromatic heterocycles. The van der Waals surface area contributed by atoms with Crippen molar-refractivity contribution in [2.45, 2.75) is 32.6 Å². The summed E-state index contributed by atoms with van der Waals surface area (Å²) >= 11 is 8.56. The third-order valence-corrected chi connectivity index (χ3v) is 4.45. The second-order valence-electron chi connectivity index (χ2n) is 5.85. The maximum absolute atomic E-state index is 12.3. The Morgan fingerprint density at radius 2 is 1.73 bits per heavy atom. The Bertz CT molecular complexity index is 718. The minimum atomic E-state index is -0.255. The Kier molecular flexibility index (Phi) is 8.58. The molecule has 2 aromatic rings. The van der Waals surface area contributed by atoms with Gasteiger partial charge < -0.3 is 10.1 Å². The summed E-state index contributed by atoms with van der Waals surface area (Å²) < 4.78 is 6.66. The topological polar surface area (TPSA) is 50.4 Å². The first kappa shape index (κ1) is 20.4. The lowest BCUT2D eigenvalue weighted by Crippen LogP contribution is -2.34. The lowest BCUT2D eigenvalue weighted by atomic mass is 10.2. The smallest absolute Gasteiger partial charge is 0.257 e. The highest BCUT2D eigenvalue weighted by molar-refractivity contribution is 9.10. The Morgan fingerprint density at radius 1 is 1.04 bits per heavy atom. The summed E-state index contributed by atoms with van der Waals surface area (Å²) in [6, 6.07) is 14.6. The molecular formula is C20H23BrN2O2S. The standard InChI is InChI=1S/C20H23BrN2O2S/c1-2-3-4-5-14-25-18-12-6-15(7-13-18)19(24)23-20(26)22-17-10-8-16(21)9-11-17/h6-13H,2-5,14H2,1H3,(H2,22,23,24,26). The molecule has 138 valence electrons. The van der Waals surface area contributed by atoms with Gasteiger partial charge in [-0.1, -0.05) is 42.1 Å². The first-order valence-electron chi connectivity index (χ1n) is 8.69. The van der Waals surface area contributed by atoms with E-state index in [0.29, 0.717) is 12.2 Å². The van der Waals surface area contributed by atoms with Crippen LogP contribution < -0.4 is 15.4 Å². The molecule has 0 radical (unpaired) electrons. The van der Waals surface area contributed by atoms with Crippen LogP contribution in [0.2, 0.25) is 0 Å². The minimum absolute atomic E-state index is 0.255. The molecule has 0 saturated carbocycles. The molecule has 0 aliphatic carbocycles. The molecule has 26 heavy (non-hydrogen) atoms. The first-order chi connectivity index (χ1) is 12.6. The van der Waals surface area contributed by atoms with E-state index in [2.05, 4.69) is 33.5 Å². The van der Waals surface area contributed by atoms with E-state index < -0.39 is 0 Å². The van der Waals surface area contributed by atoms with Gasteiger partial charge in [0.25, 0.3) is 5.91 Å². The number of rotatable bonds is 8. The van der Waals surface area contributed by atoms with Gasteiger partial charge in [0, 0.05) is 15.7 Å². The van der Waals surface area contributed by atoms with Gasteiger partial charge in [-0.3, -0.25) is 10.1 Å². The van der Waals surface area contributed by atoms with Crippen LogP contribution >= 0.6 is 28.1 Å². The Hall–Kier alpha value is -1.92. The Labute approximate surface area is 168 Å². The fraction of sp³-hybridized carbons (Fsp3) is 0.300. The molecule has 0 unspecified atom stereocenters. The van der Waals surface area contributed by atoms with Crippen LogP contribution in [-0.2, 0) is 0 Å². The van der Waals surface area contributed by atoms with Gasteiger partial charge in [0.15, 0.2) is 5.11 Å². The van der Waals surface area contributed by atoms with Gasteiger partial charge in [-0.15, -0.1) is 0 Å². The maximum Gasteiger partial charge on any atom is 0.257 e. The third-order valence-electron chi connectivity index (χ3n) is 3.71. The molecule has 2 N–H and O–H groups in total. The summed E-state index contributed by atoms with van der Waals surface area (Å²) in [5, 5.41) is 5.91. The monoisotopic (exact) mass is 434 g/mol. The van der Waals surface area contributed by atoms with Gasteiger partial charge >= 0.3 is 0 Å². The Balaban J connectivity index is 1.79. The molecule has 0 atom stereocenters. The van der Waals surface area contributed by atoms with E-state index in [4.69, 9.17) is 17.0 Å². The van der Waals surface area contributed by atoms with Crippen LogP contribution in [0.5, 0.6) is 5.75 Å². The Morgan fingerprint density at radius 3 is 2.38 bits per heavy atom. The number of hydrogen-bond acceptors (Lipinski definition) is 3. The fourth-order valence-corrected chi connectivity index (χ4v) is 2.77. The number of nitrogens with one attached hydrogen (secondary N) is 2. The molecule has 2 rings (SSSR count). The number of anilines is 1. The lowest BCUT2D eigenvalue weighted by molar-refractivity contribution is 0.0977. The molecule has 0 saturated heterocycles. The van der Waals surface area contributed by atoms with Crippen LogP contribution in [-0.4, -0.2) is 17.6 Å². The fourth-order valence-electron chi connectivity index (χ4n) is 2.29. The molecule has 4 nitrogen and oxygen atoms in total. The summed E-state index contributed by atoms with van der Waals surface area (Å²) in [6.07, 6.45) is 4.67. The number of carbonyl (C=O) groups excluding carboxylic acids is 1. The van der Waals surface area contributed by atoms with Crippen molar-refractivity contribution in [2.75, 3.05) is 11.9 Å². The van der Waals surface area contributed by atoms with Gasteiger partial charge in [0.05, 0.1) is 6.61 Å². The largest absolute Gasteiger partial charge is 0.494 e. The average Bonchev–Trinajstić information content (AvgIpc) is 2.64. The van der Waals surface area contributed by atoms with Gasteiger partial charge in [-0.25, -0.2) is 0 Å². The predicted octanol–water partition coefficient (Wildman–Crippen LogP) is 5.54. The van der Waals surface area contributed by atoms with Crippen molar-refractivity contribution >= 4 is 44.9 Å². The lowest BCUT2D eigenvalue weighted by Gasteiger charge is -2.10. The van der Waals surface area contributed by atoms with E-state index in [1.54, 1.807) is 24.3 Å². The van der Waals surface area contributed by atoms with E-state index in [-0.39, 0.29) is 11.0 Å². The number of amides is 1. The number of ether oxygens (including phenoxy) is 1. The van der Waals surface area contributed by atoms with Crippen molar-refractivity contribution < 1.29 is 9.53 Å². The molecule has 0 aliphatic heterocycles. The van der Waals surface area contributed by atoms with Gasteiger partial charge in [0.2, 0.25) is 0 Å². The zero-order valence-electron chi connectivity index (χ0n) is 14.8. The number of halogens is 1. The molecule has 0 bridgehead atoms. The summed E-state index contributed by atoms with van der Waals surface area (Å²) in [6.45, 7) is 2.89. The van der Waals surface area contributed by atoms with Crippen LogP contribution in [0, 0.1) is 0 Å². The number of carbonyl (C=O) groups is 1. The van der Waals surface area contributed by atoms with Crippen molar-refractivity contribution in [1.82, 2.24) is 5.32 Å². The molecule has 1 amide bonds. The second-order valence-corrected chi connectivity index (χ2v) is 7.17. The maximum atomic E-state index is 12.3. The summed E-state index contributed by atoms with van der Waals surface area (Å²) in [7, 11) is 0. The molecule has 0 aliphatic rings. The van der Waals surface area contributed by atoms with Crippen LogP contribution in [0.4, 0.5) is 5.69 Å². The highest BCUT2D eigenvalue weighted by atomic mass is 79.9. The zero-order valence-corrected chi connectivity index (χ0v) is 17.2. The summed E-state index contributed by atoms with van der Waals surface area (Å²) in [5.41, 5.74) is 1.34. The minimum Gasteiger partial charge on any atom is -0.494 e. The summed E-state index contributed by atoms with van der Waals surface area (Å²) in [4.78, 5) is 12.3. The molecule has 0 spiro atoms. The first-order valence-corrected chi connectivity index (χ1v) is 9.89. The second kappa shape index (κ2) is 10.9. The molecule has 6 heteroatoms. The average molecular weight is 435 g/mol. The zero-order chi connectivity index (χ0) is 18.8. The third kappa shape index (κ3) is 7.14. The highest BCUT2D eigenvalue weighted by Gasteiger charge is 2.08. The highest BCUT2D eigenvalue weighted by Crippen LogP contribution is 2.15. The normalized spacial score (nSPS) is 10.2. The van der Waals surface area contributed by atoms with Gasteiger partial charge in [-0.2, -0.15) is 0 Å². The van der Waals surface area contributed by atoms with Gasteiger partial charge in [-0.05, 0) is 67.2 Å². The van der Waals surface area contributed by atoms with E-state index >= 15 is 0 Å². The van der Waals surface area contributed by atoms with E-state index in [9.17, 15) is 4.79 Å². The van der Waals surface area contributed by atoms with Crippen molar-refractivity contribution in [3.63, 3.8) is 0 Å². The number of unbranched alkanes of at least 4 members (excludes halogenated alkanes) is 3. The van der Waals surface area contributed by atoms with Gasteiger partial charge in [0.1, 0.15) is 5.75 Å². The van der Waals surface area contributed by atoms with Crippen molar-refractivity contribution in [3.8, 4) is 5.75 Å². The van der Waals surface area contributed by atoms with Crippen LogP contribution in [0.25, 0.3) is 0 Å². The predicted molar refractivity (Wildman–Crippen MR) is 114 cm³/mol. The molecule has 0 fully saturated rings. The van der Waals surface area contributed by atoms with E-state index in [0.717, 1.165) is 22.3 Å². The van der Waals surface area contributed by atoms with Crippen molar-refractivity contribution in [3.05, 3.63) is 58.6 Å². The number of benzene rings is 2. The quantitative estimate of drug-likeness (QED) is 0.423. The summed E-state index contributed by atoms with van der Waals surface area (Å²) in [5.74, 6) is 0.516. The number of thiocarbonyl (C=S) groups is 1.